The third kappa shape index (κ3) is 5.14. The highest BCUT2D eigenvalue weighted by Crippen LogP contribution is 2.55. The highest BCUT2D eigenvalue weighted by Gasteiger charge is 2.41. The Morgan fingerprint density at radius 3 is 2.29 bits per heavy atom. The van der Waals surface area contributed by atoms with Gasteiger partial charge in [0.25, 0.3) is 0 Å². The van der Waals surface area contributed by atoms with Gasteiger partial charge in [0.1, 0.15) is 5.78 Å². The van der Waals surface area contributed by atoms with E-state index < -0.39 is 13.4 Å². The topological polar surface area (TPSA) is 70.6 Å². The van der Waals surface area contributed by atoms with Gasteiger partial charge in [0.15, 0.2) is 0 Å². The first kappa shape index (κ1) is 19.6. The summed E-state index contributed by atoms with van der Waals surface area (Å²) in [5.41, 5.74) is 0.711. The fourth-order valence-electron chi connectivity index (χ4n) is 3.94. The van der Waals surface area contributed by atoms with Crippen LogP contribution in [0.5, 0.6) is 0 Å². The molecule has 0 spiro atoms. The molecule has 1 aromatic rings. The van der Waals surface area contributed by atoms with Gasteiger partial charge in [-0.25, -0.2) is 0 Å². The van der Waals surface area contributed by atoms with E-state index in [9.17, 15) is 9.46 Å². The van der Waals surface area contributed by atoms with Crippen LogP contribution in [0.2, 0.25) is 0 Å². The Morgan fingerprint density at radius 1 is 1.25 bits per heavy atom. The van der Waals surface area contributed by atoms with E-state index >= 15 is 0 Å². The normalized spacial score (nSPS) is 24.2. The van der Waals surface area contributed by atoms with Gasteiger partial charge >= 0.3 is 7.60 Å². The second kappa shape index (κ2) is 7.27. The van der Waals surface area contributed by atoms with Gasteiger partial charge in [-0.3, -0.25) is 9.88 Å². The van der Waals surface area contributed by atoms with Gasteiger partial charge in [-0.1, -0.05) is 30.3 Å². The van der Waals surface area contributed by atoms with Crippen molar-refractivity contribution in [2.75, 3.05) is 6.61 Å². The fourth-order valence-corrected chi connectivity index (χ4v) is 5.40. The Hall–Kier alpha value is -0.710. The summed E-state index contributed by atoms with van der Waals surface area (Å²) in [7, 11) is -3.81. The Labute approximate surface area is 145 Å². The van der Waals surface area contributed by atoms with Crippen LogP contribution in [0.15, 0.2) is 30.3 Å². The van der Waals surface area contributed by atoms with Crippen LogP contribution in [-0.2, 0) is 9.09 Å². The number of rotatable bonds is 6. The molecular weight excluding hydrogens is 323 g/mol. The summed E-state index contributed by atoms with van der Waals surface area (Å²) < 4.78 is 18.0. The van der Waals surface area contributed by atoms with Crippen molar-refractivity contribution in [3.8, 4) is 0 Å². The molecular formula is C18H31N2O3P. The quantitative estimate of drug-likeness (QED) is 0.678. The van der Waals surface area contributed by atoms with Crippen molar-refractivity contribution in [1.29, 1.82) is 0 Å². The summed E-state index contributed by atoms with van der Waals surface area (Å²) in [6.45, 7) is 10.6. The Balaban J connectivity index is 2.27. The van der Waals surface area contributed by atoms with E-state index in [4.69, 9.17) is 4.52 Å². The molecule has 1 heterocycles. The van der Waals surface area contributed by atoms with Crippen molar-refractivity contribution in [2.24, 2.45) is 0 Å². The molecule has 5 nitrogen and oxygen atoms in total. The van der Waals surface area contributed by atoms with Crippen LogP contribution >= 0.6 is 7.60 Å². The smallest absolute Gasteiger partial charge is 0.323 e. The van der Waals surface area contributed by atoms with E-state index in [0.29, 0.717) is 0 Å². The van der Waals surface area contributed by atoms with Crippen LogP contribution in [0.1, 0.15) is 58.8 Å². The minimum Gasteiger partial charge on any atom is -0.323 e. The first-order valence-corrected chi connectivity index (χ1v) is 10.3. The molecule has 1 aliphatic rings. The van der Waals surface area contributed by atoms with E-state index in [1.165, 1.54) is 0 Å². The van der Waals surface area contributed by atoms with Crippen molar-refractivity contribution in [1.82, 2.24) is 10.6 Å². The van der Waals surface area contributed by atoms with E-state index in [1.807, 2.05) is 30.3 Å². The predicted molar refractivity (Wildman–Crippen MR) is 98.1 cm³/mol. The van der Waals surface area contributed by atoms with Crippen molar-refractivity contribution < 1.29 is 14.0 Å². The van der Waals surface area contributed by atoms with E-state index in [1.54, 1.807) is 6.92 Å². The lowest BCUT2D eigenvalue weighted by atomic mass is 9.79. The molecule has 0 saturated carbocycles. The standard InChI is InChI=1S/C18H31N2O3P/c1-6-23-24(21,22)16(14-10-8-7-9-11-14)19-15-12-17(2,3)20-18(4,5)13-15/h7-11,15-16,19-20H,6,12-13H2,1-5H3,(H,21,22). The second-order valence-electron chi connectivity index (χ2n) is 7.96. The van der Waals surface area contributed by atoms with Crippen LogP contribution in [0.4, 0.5) is 0 Å². The molecule has 0 bridgehead atoms. The molecule has 0 radical (unpaired) electrons. The summed E-state index contributed by atoms with van der Waals surface area (Å²) >= 11 is 0. The monoisotopic (exact) mass is 354 g/mol. The van der Waals surface area contributed by atoms with Gasteiger partial charge in [0.2, 0.25) is 0 Å². The fraction of sp³-hybridized carbons (Fsp3) is 0.667. The van der Waals surface area contributed by atoms with Gasteiger partial charge in [0, 0.05) is 17.1 Å². The second-order valence-corrected chi connectivity index (χ2v) is 9.86. The van der Waals surface area contributed by atoms with Gasteiger partial charge in [-0.15, -0.1) is 0 Å². The average molecular weight is 354 g/mol. The van der Waals surface area contributed by atoms with Crippen molar-refractivity contribution in [3.63, 3.8) is 0 Å². The molecule has 0 aromatic heterocycles. The third-order valence-electron chi connectivity index (χ3n) is 4.34. The third-order valence-corrected chi connectivity index (χ3v) is 6.07. The van der Waals surface area contributed by atoms with E-state index in [0.717, 1.165) is 18.4 Å². The van der Waals surface area contributed by atoms with Gasteiger partial charge in [-0.05, 0) is 53.0 Å². The molecule has 6 heteroatoms. The zero-order valence-corrected chi connectivity index (χ0v) is 16.3. The lowest BCUT2D eigenvalue weighted by molar-refractivity contribution is 0.140. The number of hydrogen-bond acceptors (Lipinski definition) is 4. The molecule has 1 saturated heterocycles. The zero-order chi connectivity index (χ0) is 18.0. The Kier molecular flexibility index (Phi) is 5.94. The number of benzene rings is 1. The number of nitrogens with one attached hydrogen (secondary N) is 2. The van der Waals surface area contributed by atoms with Gasteiger partial charge in [0.05, 0.1) is 6.61 Å². The molecule has 1 aromatic carbocycles. The first-order valence-electron chi connectivity index (χ1n) is 8.62. The minimum atomic E-state index is -3.81. The Morgan fingerprint density at radius 2 is 1.79 bits per heavy atom. The highest BCUT2D eigenvalue weighted by molar-refractivity contribution is 7.53. The zero-order valence-electron chi connectivity index (χ0n) is 15.4. The molecule has 24 heavy (non-hydrogen) atoms. The van der Waals surface area contributed by atoms with Crippen molar-refractivity contribution in [3.05, 3.63) is 35.9 Å². The molecule has 1 fully saturated rings. The Bertz CT molecular complexity index is 573. The summed E-state index contributed by atoms with van der Waals surface area (Å²) in [5, 5.41) is 7.07. The van der Waals surface area contributed by atoms with Crippen molar-refractivity contribution in [2.45, 2.75) is 70.4 Å². The predicted octanol–water partition coefficient (Wildman–Crippen LogP) is 3.81. The maximum atomic E-state index is 12.8. The first-order chi connectivity index (χ1) is 11.0. The van der Waals surface area contributed by atoms with Crippen LogP contribution in [0.25, 0.3) is 0 Å². The average Bonchev–Trinajstić information content (AvgIpc) is 2.42. The van der Waals surface area contributed by atoms with Crippen LogP contribution in [0, 0.1) is 0 Å². The molecule has 136 valence electrons. The largest absolute Gasteiger partial charge is 0.349 e. The van der Waals surface area contributed by atoms with Crippen molar-refractivity contribution >= 4 is 7.60 Å². The summed E-state index contributed by atoms with van der Waals surface area (Å²) in [5.74, 6) is -0.714. The maximum absolute atomic E-state index is 12.8. The molecule has 1 aliphatic heterocycles. The van der Waals surface area contributed by atoms with Crippen LogP contribution in [-0.4, -0.2) is 28.6 Å². The minimum absolute atomic E-state index is 0.0360. The summed E-state index contributed by atoms with van der Waals surface area (Å²) in [6.07, 6.45) is 1.76. The molecule has 0 amide bonds. The molecule has 2 unspecified atom stereocenters. The molecule has 2 rings (SSSR count). The van der Waals surface area contributed by atoms with Crippen LogP contribution in [0.3, 0.4) is 0 Å². The summed E-state index contributed by atoms with van der Waals surface area (Å²) in [4.78, 5) is 10.5. The SMILES string of the molecule is CCOP(=O)(O)C(NC1CC(C)(C)NC(C)(C)C1)c1ccccc1. The maximum Gasteiger partial charge on any atom is 0.349 e. The highest BCUT2D eigenvalue weighted by atomic mass is 31.2. The molecule has 2 atom stereocenters. The molecule has 3 N–H and O–H groups in total. The molecule has 0 aliphatic carbocycles. The lowest BCUT2D eigenvalue weighted by Crippen LogP contribution is -2.61. The number of piperidine rings is 1. The van der Waals surface area contributed by atoms with E-state index in [2.05, 4.69) is 38.3 Å². The van der Waals surface area contributed by atoms with Crippen LogP contribution < -0.4 is 10.6 Å². The lowest BCUT2D eigenvalue weighted by Gasteiger charge is -2.47. The van der Waals surface area contributed by atoms with Gasteiger partial charge < -0.3 is 14.7 Å². The number of hydrogen-bond donors (Lipinski definition) is 3. The van der Waals surface area contributed by atoms with Gasteiger partial charge in [-0.2, -0.15) is 0 Å². The van der Waals surface area contributed by atoms with E-state index in [-0.39, 0.29) is 23.7 Å². The summed E-state index contributed by atoms with van der Waals surface area (Å²) in [6, 6.07) is 9.54.